The van der Waals surface area contributed by atoms with E-state index in [2.05, 4.69) is 51.8 Å². The molecule has 2 nitrogen and oxygen atoms in total. The van der Waals surface area contributed by atoms with Gasteiger partial charge in [-0.1, -0.05) is 41.5 Å². The van der Waals surface area contributed by atoms with Crippen molar-refractivity contribution in [1.29, 1.82) is 0 Å². The minimum Gasteiger partial charge on any atom is -0.311 e. The molecule has 1 aliphatic heterocycles. The Morgan fingerprint density at radius 1 is 1.11 bits per heavy atom. The van der Waals surface area contributed by atoms with Gasteiger partial charge in [-0.3, -0.25) is 4.90 Å². The van der Waals surface area contributed by atoms with Gasteiger partial charge in [-0.25, -0.2) is 0 Å². The highest BCUT2D eigenvalue weighted by atomic mass is 15.3. The smallest absolute Gasteiger partial charge is 0.0224 e. The Kier molecular flexibility index (Phi) is 6.82. The zero-order chi connectivity index (χ0) is 14.5. The summed E-state index contributed by atoms with van der Waals surface area (Å²) in [6, 6.07) is 1.41. The van der Waals surface area contributed by atoms with Crippen LogP contribution >= 0.6 is 0 Å². The van der Waals surface area contributed by atoms with Crippen molar-refractivity contribution in [2.45, 2.75) is 91.3 Å². The molecule has 0 bridgehead atoms. The number of hydrogen-bond acceptors (Lipinski definition) is 2. The van der Waals surface area contributed by atoms with Crippen LogP contribution in [0.25, 0.3) is 0 Å². The molecule has 0 amide bonds. The highest BCUT2D eigenvalue weighted by molar-refractivity contribution is 4.96. The first kappa shape index (κ1) is 17.0. The minimum absolute atomic E-state index is 0.429. The van der Waals surface area contributed by atoms with Crippen LogP contribution in [0.1, 0.15) is 73.6 Å². The molecule has 1 heterocycles. The summed E-state index contributed by atoms with van der Waals surface area (Å²) in [4.78, 5) is 2.86. The Hall–Kier alpha value is -0.0800. The highest BCUT2D eigenvalue weighted by Gasteiger charge is 2.39. The van der Waals surface area contributed by atoms with Gasteiger partial charge in [0.05, 0.1) is 0 Å². The lowest BCUT2D eigenvalue weighted by molar-refractivity contribution is -0.00423. The summed E-state index contributed by atoms with van der Waals surface area (Å²) < 4.78 is 0. The maximum atomic E-state index is 3.78. The number of rotatable bonds is 7. The van der Waals surface area contributed by atoms with Crippen molar-refractivity contribution in [2.75, 3.05) is 13.1 Å². The molecule has 2 heteroatoms. The Labute approximate surface area is 121 Å². The monoisotopic (exact) mass is 268 g/mol. The van der Waals surface area contributed by atoms with Crippen LogP contribution in [0.4, 0.5) is 0 Å². The summed E-state index contributed by atoms with van der Waals surface area (Å²) in [5.74, 6) is 0.789. The lowest BCUT2D eigenvalue weighted by atomic mass is 9.84. The first-order chi connectivity index (χ1) is 9.02. The molecular formula is C17H36N2. The quantitative estimate of drug-likeness (QED) is 0.749. The van der Waals surface area contributed by atoms with E-state index in [4.69, 9.17) is 0 Å². The van der Waals surface area contributed by atoms with Gasteiger partial charge in [0.25, 0.3) is 0 Å². The molecule has 1 aliphatic rings. The zero-order valence-electron chi connectivity index (χ0n) is 14.1. The number of nitrogens with zero attached hydrogens (tertiary/aromatic N) is 1. The largest absolute Gasteiger partial charge is 0.311 e. The third-order valence-corrected chi connectivity index (χ3v) is 5.31. The second-order valence-electron chi connectivity index (χ2n) is 6.73. The molecule has 0 aromatic heterocycles. The maximum Gasteiger partial charge on any atom is 0.0224 e. The first-order valence-corrected chi connectivity index (χ1v) is 8.53. The van der Waals surface area contributed by atoms with Crippen LogP contribution in [0.5, 0.6) is 0 Å². The van der Waals surface area contributed by atoms with E-state index in [1.807, 2.05) is 0 Å². The summed E-state index contributed by atoms with van der Waals surface area (Å²) in [5.41, 5.74) is 0.429. The number of nitrogens with one attached hydrogen (secondary N) is 1. The van der Waals surface area contributed by atoms with Crippen LogP contribution < -0.4 is 5.32 Å². The fourth-order valence-electron chi connectivity index (χ4n) is 3.90. The van der Waals surface area contributed by atoms with Crippen LogP contribution in [0.2, 0.25) is 0 Å². The molecule has 1 N–H and O–H groups in total. The average Bonchev–Trinajstić information content (AvgIpc) is 2.41. The molecule has 0 spiro atoms. The van der Waals surface area contributed by atoms with Crippen LogP contribution in [0, 0.1) is 5.92 Å². The normalized spacial score (nSPS) is 26.1. The van der Waals surface area contributed by atoms with Gasteiger partial charge >= 0.3 is 0 Å². The molecule has 0 radical (unpaired) electrons. The zero-order valence-corrected chi connectivity index (χ0v) is 14.1. The Bertz CT molecular complexity index is 237. The summed E-state index contributed by atoms with van der Waals surface area (Å²) in [6.45, 7) is 16.6. The second-order valence-corrected chi connectivity index (χ2v) is 6.73. The van der Waals surface area contributed by atoms with Crippen molar-refractivity contribution in [3.63, 3.8) is 0 Å². The van der Waals surface area contributed by atoms with Gasteiger partial charge in [0, 0.05) is 30.7 Å². The second kappa shape index (κ2) is 7.64. The van der Waals surface area contributed by atoms with E-state index in [0.29, 0.717) is 11.6 Å². The minimum atomic E-state index is 0.429. The van der Waals surface area contributed by atoms with Gasteiger partial charge in [0.15, 0.2) is 0 Å². The van der Waals surface area contributed by atoms with Gasteiger partial charge in [-0.05, 0) is 38.0 Å². The van der Waals surface area contributed by atoms with E-state index in [1.54, 1.807) is 0 Å². The highest BCUT2D eigenvalue weighted by Crippen LogP contribution is 2.32. The van der Waals surface area contributed by atoms with E-state index in [1.165, 1.54) is 45.2 Å². The predicted molar refractivity (Wildman–Crippen MR) is 85.6 cm³/mol. The van der Waals surface area contributed by atoms with Gasteiger partial charge in [-0.15, -0.1) is 0 Å². The molecule has 0 saturated carbocycles. The van der Waals surface area contributed by atoms with Gasteiger partial charge < -0.3 is 5.32 Å². The fraction of sp³-hybridized carbons (Fsp3) is 1.00. The lowest BCUT2D eigenvalue weighted by Crippen LogP contribution is -2.64. The SMILES string of the molecule is CCC1CNC(CC(C)C)CN1C(CC)(CC)CC. The van der Waals surface area contributed by atoms with Crippen LogP contribution in [-0.2, 0) is 0 Å². The van der Waals surface area contributed by atoms with Crippen molar-refractivity contribution in [3.8, 4) is 0 Å². The van der Waals surface area contributed by atoms with Gasteiger partial charge in [0.1, 0.15) is 0 Å². The van der Waals surface area contributed by atoms with Crippen molar-refractivity contribution >= 4 is 0 Å². The lowest BCUT2D eigenvalue weighted by Gasteiger charge is -2.52. The van der Waals surface area contributed by atoms with Gasteiger partial charge in [0.2, 0.25) is 0 Å². The Balaban J connectivity index is 2.84. The summed E-state index contributed by atoms with van der Waals surface area (Å²) in [5, 5.41) is 3.78. The van der Waals surface area contributed by atoms with E-state index < -0.39 is 0 Å². The van der Waals surface area contributed by atoms with Crippen LogP contribution in [-0.4, -0.2) is 35.6 Å². The number of piperazine rings is 1. The van der Waals surface area contributed by atoms with Crippen molar-refractivity contribution in [2.24, 2.45) is 5.92 Å². The standard InChI is InChI=1S/C17H36N2/c1-7-16-12-18-15(11-14(5)6)13-19(16)17(8-2,9-3)10-4/h14-16,18H,7-13H2,1-6H3. The molecular weight excluding hydrogens is 232 g/mol. The van der Waals surface area contributed by atoms with Gasteiger partial charge in [-0.2, -0.15) is 0 Å². The first-order valence-electron chi connectivity index (χ1n) is 8.53. The average molecular weight is 268 g/mol. The van der Waals surface area contributed by atoms with E-state index in [-0.39, 0.29) is 0 Å². The van der Waals surface area contributed by atoms with Crippen LogP contribution in [0.3, 0.4) is 0 Å². The Morgan fingerprint density at radius 2 is 1.68 bits per heavy atom. The maximum absolute atomic E-state index is 3.78. The third kappa shape index (κ3) is 3.95. The van der Waals surface area contributed by atoms with E-state index in [0.717, 1.165) is 12.0 Å². The van der Waals surface area contributed by atoms with E-state index >= 15 is 0 Å². The summed E-state index contributed by atoms with van der Waals surface area (Å²) >= 11 is 0. The Morgan fingerprint density at radius 3 is 2.11 bits per heavy atom. The molecule has 1 fully saturated rings. The number of hydrogen-bond donors (Lipinski definition) is 1. The summed E-state index contributed by atoms with van der Waals surface area (Å²) in [6.07, 6.45) is 6.42. The molecule has 2 unspecified atom stereocenters. The van der Waals surface area contributed by atoms with Crippen molar-refractivity contribution in [1.82, 2.24) is 10.2 Å². The van der Waals surface area contributed by atoms with Crippen molar-refractivity contribution in [3.05, 3.63) is 0 Å². The van der Waals surface area contributed by atoms with Crippen LogP contribution in [0.15, 0.2) is 0 Å². The molecule has 0 aliphatic carbocycles. The molecule has 2 atom stereocenters. The molecule has 114 valence electrons. The predicted octanol–water partition coefficient (Wildman–Crippen LogP) is 4.05. The fourth-order valence-corrected chi connectivity index (χ4v) is 3.90. The molecule has 0 aromatic rings. The molecule has 1 saturated heterocycles. The van der Waals surface area contributed by atoms with E-state index in [9.17, 15) is 0 Å². The third-order valence-electron chi connectivity index (χ3n) is 5.31. The summed E-state index contributed by atoms with van der Waals surface area (Å²) in [7, 11) is 0. The topological polar surface area (TPSA) is 15.3 Å². The molecule has 19 heavy (non-hydrogen) atoms. The molecule has 1 rings (SSSR count). The molecule has 0 aromatic carbocycles. The van der Waals surface area contributed by atoms with Crippen molar-refractivity contribution < 1.29 is 0 Å².